The number of carbonyl (C=O) groups excluding carboxylic acids is 1. The molecular weight excluding hydrogens is 356 g/mol. The lowest BCUT2D eigenvalue weighted by Gasteiger charge is -2.33. The molecule has 0 aliphatic carbocycles. The van der Waals surface area contributed by atoms with Crippen molar-refractivity contribution >= 4 is 40.6 Å². The van der Waals surface area contributed by atoms with Gasteiger partial charge in [-0.1, -0.05) is 11.6 Å². The summed E-state index contributed by atoms with van der Waals surface area (Å²) >= 11 is 6.08. The van der Waals surface area contributed by atoms with E-state index < -0.39 is 0 Å². The molecule has 0 radical (unpaired) electrons. The fraction of sp³-hybridized carbons (Fsp3) is 0.412. The van der Waals surface area contributed by atoms with Crippen LogP contribution in [0, 0.1) is 5.92 Å². The molecule has 0 saturated carbocycles. The standard InChI is InChI=1S/C17H21ClN6O2/c1-2-26-17(25)11-5-4-8-24(9-11)16-13(19)15(21-10-22-16)23-12-6-3-7-20-14(12)18/h3,6-7,10-11H,2,4-5,8-9,19H2,1H3,(H,21,22,23). The number of hydrogen-bond donors (Lipinski definition) is 2. The zero-order chi connectivity index (χ0) is 18.5. The predicted octanol–water partition coefficient (Wildman–Crippen LogP) is 2.63. The van der Waals surface area contributed by atoms with Crippen molar-refractivity contribution in [2.45, 2.75) is 19.8 Å². The maximum atomic E-state index is 12.1. The minimum absolute atomic E-state index is 0.176. The van der Waals surface area contributed by atoms with Crippen LogP contribution in [0.4, 0.5) is 23.0 Å². The molecule has 0 amide bonds. The summed E-state index contributed by atoms with van der Waals surface area (Å²) in [5.74, 6) is 0.687. The van der Waals surface area contributed by atoms with E-state index in [0.29, 0.717) is 41.3 Å². The zero-order valence-electron chi connectivity index (χ0n) is 14.5. The summed E-state index contributed by atoms with van der Waals surface area (Å²) < 4.78 is 5.15. The number of halogens is 1. The predicted molar refractivity (Wildman–Crippen MR) is 101 cm³/mol. The molecule has 1 saturated heterocycles. The van der Waals surface area contributed by atoms with Crippen molar-refractivity contribution in [2.75, 3.05) is 35.6 Å². The fourth-order valence-corrected chi connectivity index (χ4v) is 3.13. The van der Waals surface area contributed by atoms with Crippen LogP contribution in [0.5, 0.6) is 0 Å². The number of aromatic nitrogens is 3. The van der Waals surface area contributed by atoms with Crippen molar-refractivity contribution in [2.24, 2.45) is 5.92 Å². The summed E-state index contributed by atoms with van der Waals surface area (Å²) in [6, 6.07) is 3.55. The first-order valence-corrected chi connectivity index (χ1v) is 8.87. The number of nitrogen functional groups attached to an aromatic ring is 1. The molecule has 9 heteroatoms. The third-order valence-corrected chi connectivity index (χ3v) is 4.52. The van der Waals surface area contributed by atoms with Gasteiger partial charge in [0, 0.05) is 19.3 Å². The Kier molecular flexibility index (Phi) is 5.72. The van der Waals surface area contributed by atoms with E-state index in [1.165, 1.54) is 6.33 Å². The molecule has 2 aromatic rings. The highest BCUT2D eigenvalue weighted by atomic mass is 35.5. The summed E-state index contributed by atoms with van der Waals surface area (Å²) in [5, 5.41) is 3.41. The Morgan fingerprint density at radius 3 is 3.08 bits per heavy atom. The molecule has 1 aliphatic heterocycles. The van der Waals surface area contributed by atoms with E-state index in [1.54, 1.807) is 18.3 Å². The van der Waals surface area contributed by atoms with Crippen LogP contribution in [0.3, 0.4) is 0 Å². The Balaban J connectivity index is 1.80. The largest absolute Gasteiger partial charge is 0.466 e. The van der Waals surface area contributed by atoms with E-state index in [9.17, 15) is 4.79 Å². The van der Waals surface area contributed by atoms with Gasteiger partial charge in [0.05, 0.1) is 18.2 Å². The Hall–Kier alpha value is -2.61. The van der Waals surface area contributed by atoms with Crippen molar-refractivity contribution in [3.63, 3.8) is 0 Å². The van der Waals surface area contributed by atoms with Crippen molar-refractivity contribution in [1.82, 2.24) is 15.0 Å². The van der Waals surface area contributed by atoms with Crippen LogP contribution in [0.25, 0.3) is 0 Å². The average Bonchev–Trinajstić information content (AvgIpc) is 2.65. The first-order chi connectivity index (χ1) is 12.6. The lowest BCUT2D eigenvalue weighted by atomic mass is 9.98. The van der Waals surface area contributed by atoms with Crippen molar-refractivity contribution in [3.8, 4) is 0 Å². The monoisotopic (exact) mass is 376 g/mol. The molecule has 1 aliphatic rings. The number of rotatable bonds is 5. The third kappa shape index (κ3) is 3.96. The summed E-state index contributed by atoms with van der Waals surface area (Å²) in [6.07, 6.45) is 4.71. The molecule has 1 atom stereocenters. The van der Waals surface area contributed by atoms with Crippen molar-refractivity contribution in [3.05, 3.63) is 29.8 Å². The normalized spacial score (nSPS) is 17.0. The van der Waals surface area contributed by atoms with Gasteiger partial charge in [-0.15, -0.1) is 0 Å². The van der Waals surface area contributed by atoms with Crippen LogP contribution in [-0.2, 0) is 9.53 Å². The van der Waals surface area contributed by atoms with Crippen LogP contribution in [-0.4, -0.2) is 40.6 Å². The van der Waals surface area contributed by atoms with Gasteiger partial charge in [-0.05, 0) is 31.9 Å². The Bertz CT molecular complexity index is 788. The van der Waals surface area contributed by atoms with E-state index in [2.05, 4.69) is 20.3 Å². The highest BCUT2D eigenvalue weighted by molar-refractivity contribution is 6.32. The highest BCUT2D eigenvalue weighted by Gasteiger charge is 2.29. The smallest absolute Gasteiger partial charge is 0.310 e. The maximum Gasteiger partial charge on any atom is 0.310 e. The molecule has 3 rings (SSSR count). The second kappa shape index (κ2) is 8.18. The number of ether oxygens (including phenoxy) is 1. The van der Waals surface area contributed by atoms with Crippen LogP contribution < -0.4 is 16.0 Å². The molecule has 2 aromatic heterocycles. The van der Waals surface area contributed by atoms with Crippen LogP contribution >= 0.6 is 11.6 Å². The number of pyridine rings is 1. The maximum absolute atomic E-state index is 12.1. The van der Waals surface area contributed by atoms with Gasteiger partial charge in [-0.25, -0.2) is 15.0 Å². The van der Waals surface area contributed by atoms with Crippen molar-refractivity contribution in [1.29, 1.82) is 0 Å². The number of carbonyl (C=O) groups is 1. The average molecular weight is 377 g/mol. The summed E-state index contributed by atoms with van der Waals surface area (Å²) in [5.41, 5.74) is 7.29. The molecule has 3 N–H and O–H groups in total. The van der Waals surface area contributed by atoms with Crippen molar-refractivity contribution < 1.29 is 9.53 Å². The molecule has 1 fully saturated rings. The molecule has 26 heavy (non-hydrogen) atoms. The van der Waals surface area contributed by atoms with E-state index in [-0.39, 0.29) is 11.9 Å². The lowest BCUT2D eigenvalue weighted by molar-refractivity contribution is -0.148. The molecule has 138 valence electrons. The quantitative estimate of drug-likeness (QED) is 0.605. The molecule has 1 unspecified atom stereocenters. The summed E-state index contributed by atoms with van der Waals surface area (Å²) in [4.78, 5) is 26.6. The van der Waals surface area contributed by atoms with E-state index >= 15 is 0 Å². The molecule has 0 aromatic carbocycles. The van der Waals surface area contributed by atoms with Gasteiger partial charge in [-0.2, -0.15) is 0 Å². The zero-order valence-corrected chi connectivity index (χ0v) is 15.2. The molecule has 3 heterocycles. The van der Waals surface area contributed by atoms with E-state index in [0.717, 1.165) is 19.4 Å². The van der Waals surface area contributed by atoms with E-state index in [1.807, 2.05) is 11.8 Å². The Morgan fingerprint density at radius 2 is 2.31 bits per heavy atom. The SMILES string of the molecule is CCOC(=O)C1CCCN(c2ncnc(Nc3cccnc3Cl)c2N)C1. The lowest BCUT2D eigenvalue weighted by Crippen LogP contribution is -2.40. The fourth-order valence-electron chi connectivity index (χ4n) is 2.97. The van der Waals surface area contributed by atoms with Crippen LogP contribution in [0.2, 0.25) is 5.15 Å². The first-order valence-electron chi connectivity index (χ1n) is 8.49. The van der Waals surface area contributed by atoms with Crippen LogP contribution in [0.1, 0.15) is 19.8 Å². The highest BCUT2D eigenvalue weighted by Crippen LogP contribution is 2.32. The summed E-state index contributed by atoms with van der Waals surface area (Å²) in [6.45, 7) is 3.48. The summed E-state index contributed by atoms with van der Waals surface area (Å²) in [7, 11) is 0. The van der Waals surface area contributed by atoms with Gasteiger partial charge >= 0.3 is 5.97 Å². The topological polar surface area (TPSA) is 106 Å². The molecular formula is C17H21ClN6O2. The minimum atomic E-state index is -0.178. The van der Waals surface area contributed by atoms with Gasteiger partial charge in [-0.3, -0.25) is 4.79 Å². The molecule has 0 spiro atoms. The Labute approximate surface area is 156 Å². The number of anilines is 4. The first kappa shape index (κ1) is 18.2. The molecule has 0 bridgehead atoms. The number of nitrogens with one attached hydrogen (secondary N) is 1. The second-order valence-corrected chi connectivity index (χ2v) is 6.32. The van der Waals surface area contributed by atoms with Gasteiger partial charge < -0.3 is 20.7 Å². The van der Waals surface area contributed by atoms with Gasteiger partial charge in [0.15, 0.2) is 16.8 Å². The number of nitrogens with two attached hydrogens (primary N) is 1. The third-order valence-electron chi connectivity index (χ3n) is 4.22. The second-order valence-electron chi connectivity index (χ2n) is 5.96. The molecule has 8 nitrogen and oxygen atoms in total. The van der Waals surface area contributed by atoms with Gasteiger partial charge in [0.2, 0.25) is 0 Å². The Morgan fingerprint density at radius 1 is 1.46 bits per heavy atom. The van der Waals surface area contributed by atoms with Gasteiger partial charge in [0.1, 0.15) is 12.0 Å². The number of esters is 1. The number of piperidine rings is 1. The number of nitrogens with zero attached hydrogens (tertiary/aromatic N) is 4. The van der Waals surface area contributed by atoms with Crippen LogP contribution in [0.15, 0.2) is 24.7 Å². The van der Waals surface area contributed by atoms with E-state index in [4.69, 9.17) is 22.1 Å². The minimum Gasteiger partial charge on any atom is -0.466 e. The number of hydrogen-bond acceptors (Lipinski definition) is 8. The van der Waals surface area contributed by atoms with Gasteiger partial charge in [0.25, 0.3) is 0 Å².